The maximum absolute atomic E-state index is 11.8. The van der Waals surface area contributed by atoms with Gasteiger partial charge in [0.1, 0.15) is 0 Å². The maximum atomic E-state index is 11.8. The zero-order chi connectivity index (χ0) is 13.4. The second-order valence-corrected chi connectivity index (χ2v) is 3.93. The molecule has 0 aliphatic heterocycles. The predicted octanol–water partition coefficient (Wildman–Crippen LogP) is 2.47. The lowest BCUT2D eigenvalue weighted by Crippen LogP contribution is -2.26. The normalized spacial score (nSPS) is 11.3. The van der Waals surface area contributed by atoms with Crippen molar-refractivity contribution in [2.24, 2.45) is 0 Å². The van der Waals surface area contributed by atoms with E-state index in [1.54, 1.807) is 12.4 Å². The first-order chi connectivity index (χ1) is 8.47. The Bertz CT molecular complexity index is 365. The molecule has 0 aromatic carbocycles. The van der Waals surface area contributed by atoms with E-state index in [0.717, 1.165) is 12.0 Å². The minimum Gasteiger partial charge on any atom is -0.356 e. The number of nitrogens with one attached hydrogen (secondary N) is 1. The van der Waals surface area contributed by atoms with Crippen LogP contribution in [0, 0.1) is 0 Å². The summed E-state index contributed by atoms with van der Waals surface area (Å²) >= 11 is 0. The van der Waals surface area contributed by atoms with E-state index in [1.165, 1.54) is 0 Å². The summed E-state index contributed by atoms with van der Waals surface area (Å²) in [5, 5.41) is 2.47. The van der Waals surface area contributed by atoms with Crippen molar-refractivity contribution in [3.05, 3.63) is 30.1 Å². The molecule has 1 aromatic heterocycles. The Balaban J connectivity index is 2.09. The Kier molecular flexibility index (Phi) is 5.61. The molecule has 0 spiro atoms. The number of rotatable bonds is 6. The molecule has 0 fully saturated rings. The van der Waals surface area contributed by atoms with Crippen LogP contribution in [0.4, 0.5) is 13.2 Å². The zero-order valence-corrected chi connectivity index (χ0v) is 9.83. The SMILES string of the molecule is O=C(CCC(F)(F)F)NCCCc1cccnc1. The van der Waals surface area contributed by atoms with Gasteiger partial charge in [-0.1, -0.05) is 6.07 Å². The predicted molar refractivity (Wildman–Crippen MR) is 60.9 cm³/mol. The highest BCUT2D eigenvalue weighted by Gasteiger charge is 2.27. The number of aromatic nitrogens is 1. The summed E-state index contributed by atoms with van der Waals surface area (Å²) in [5.74, 6) is -0.557. The molecule has 0 bridgehead atoms. The van der Waals surface area contributed by atoms with Crippen LogP contribution in [0.3, 0.4) is 0 Å². The van der Waals surface area contributed by atoms with E-state index in [0.29, 0.717) is 13.0 Å². The van der Waals surface area contributed by atoms with Crippen LogP contribution in [0.1, 0.15) is 24.8 Å². The fourth-order valence-electron chi connectivity index (χ4n) is 1.41. The van der Waals surface area contributed by atoms with Gasteiger partial charge in [0.2, 0.25) is 5.91 Å². The molecule has 0 unspecified atom stereocenters. The number of nitrogens with zero attached hydrogens (tertiary/aromatic N) is 1. The Labute approximate surface area is 103 Å². The molecule has 0 radical (unpaired) electrons. The van der Waals surface area contributed by atoms with Gasteiger partial charge in [-0.05, 0) is 24.5 Å². The highest BCUT2D eigenvalue weighted by molar-refractivity contribution is 5.75. The van der Waals surface area contributed by atoms with Crippen molar-refractivity contribution in [2.45, 2.75) is 31.9 Å². The molecule has 18 heavy (non-hydrogen) atoms. The van der Waals surface area contributed by atoms with E-state index in [2.05, 4.69) is 10.3 Å². The molecular weight excluding hydrogens is 245 g/mol. The van der Waals surface area contributed by atoms with Crippen LogP contribution in [-0.2, 0) is 11.2 Å². The fourth-order valence-corrected chi connectivity index (χ4v) is 1.41. The number of pyridine rings is 1. The van der Waals surface area contributed by atoms with E-state index in [9.17, 15) is 18.0 Å². The first-order valence-electron chi connectivity index (χ1n) is 5.70. The molecule has 1 N–H and O–H groups in total. The largest absolute Gasteiger partial charge is 0.389 e. The van der Waals surface area contributed by atoms with Crippen LogP contribution in [0.15, 0.2) is 24.5 Å². The number of hydrogen-bond acceptors (Lipinski definition) is 2. The lowest BCUT2D eigenvalue weighted by Gasteiger charge is -2.07. The third kappa shape index (κ3) is 6.88. The first-order valence-corrected chi connectivity index (χ1v) is 5.70. The van der Waals surface area contributed by atoms with Gasteiger partial charge in [0.05, 0.1) is 6.42 Å². The average molecular weight is 260 g/mol. The molecule has 100 valence electrons. The van der Waals surface area contributed by atoms with Gasteiger partial charge in [-0.15, -0.1) is 0 Å². The third-order valence-electron chi connectivity index (χ3n) is 2.32. The topological polar surface area (TPSA) is 42.0 Å². The smallest absolute Gasteiger partial charge is 0.356 e. The summed E-state index contributed by atoms with van der Waals surface area (Å²) in [5.41, 5.74) is 1.04. The van der Waals surface area contributed by atoms with Gasteiger partial charge in [0.25, 0.3) is 0 Å². The van der Waals surface area contributed by atoms with Gasteiger partial charge in [0.15, 0.2) is 0 Å². The van der Waals surface area contributed by atoms with Gasteiger partial charge in [-0.25, -0.2) is 0 Å². The fraction of sp³-hybridized carbons (Fsp3) is 0.500. The highest BCUT2D eigenvalue weighted by atomic mass is 19.4. The molecule has 1 aromatic rings. The molecule has 6 heteroatoms. The molecule has 0 saturated heterocycles. The van der Waals surface area contributed by atoms with Gasteiger partial charge in [0, 0.05) is 25.4 Å². The molecule has 3 nitrogen and oxygen atoms in total. The van der Waals surface area contributed by atoms with E-state index in [1.807, 2.05) is 12.1 Å². The van der Waals surface area contributed by atoms with E-state index in [4.69, 9.17) is 0 Å². The minimum absolute atomic E-state index is 0.381. The van der Waals surface area contributed by atoms with Gasteiger partial charge < -0.3 is 5.32 Å². The molecule has 0 atom stereocenters. The summed E-state index contributed by atoms with van der Waals surface area (Å²) < 4.78 is 35.5. The average Bonchev–Trinajstić information content (AvgIpc) is 2.33. The summed E-state index contributed by atoms with van der Waals surface area (Å²) in [6.45, 7) is 0.381. The van der Waals surface area contributed by atoms with Crippen LogP contribution in [0.5, 0.6) is 0 Å². The molecule has 0 aliphatic carbocycles. The number of alkyl halides is 3. The molecule has 0 aliphatic rings. The second-order valence-electron chi connectivity index (χ2n) is 3.93. The lowest BCUT2D eigenvalue weighted by atomic mass is 10.1. The van der Waals surface area contributed by atoms with E-state index >= 15 is 0 Å². The second kappa shape index (κ2) is 6.98. The molecule has 1 heterocycles. The van der Waals surface area contributed by atoms with Crippen molar-refractivity contribution < 1.29 is 18.0 Å². The van der Waals surface area contributed by atoms with Crippen molar-refractivity contribution in [1.82, 2.24) is 10.3 Å². The van der Waals surface area contributed by atoms with Crippen molar-refractivity contribution in [1.29, 1.82) is 0 Å². The van der Waals surface area contributed by atoms with E-state index < -0.39 is 24.9 Å². The molecule has 1 rings (SSSR count). The van der Waals surface area contributed by atoms with Crippen LogP contribution >= 0.6 is 0 Å². The van der Waals surface area contributed by atoms with Crippen molar-refractivity contribution >= 4 is 5.91 Å². The molecular formula is C12H15F3N2O. The van der Waals surface area contributed by atoms with Crippen LogP contribution in [-0.4, -0.2) is 23.6 Å². The third-order valence-corrected chi connectivity index (χ3v) is 2.32. The van der Waals surface area contributed by atoms with Gasteiger partial charge >= 0.3 is 6.18 Å². The Hall–Kier alpha value is -1.59. The number of aryl methyl sites for hydroxylation is 1. The Morgan fingerprint density at radius 2 is 2.17 bits per heavy atom. The number of halogens is 3. The zero-order valence-electron chi connectivity index (χ0n) is 9.83. The quantitative estimate of drug-likeness (QED) is 0.798. The van der Waals surface area contributed by atoms with Crippen molar-refractivity contribution in [3.8, 4) is 0 Å². The van der Waals surface area contributed by atoms with Crippen molar-refractivity contribution in [3.63, 3.8) is 0 Å². The Morgan fingerprint density at radius 3 is 2.78 bits per heavy atom. The lowest BCUT2D eigenvalue weighted by molar-refractivity contribution is -0.144. The van der Waals surface area contributed by atoms with Crippen LogP contribution in [0.25, 0.3) is 0 Å². The van der Waals surface area contributed by atoms with E-state index in [-0.39, 0.29) is 0 Å². The number of hydrogen-bond donors (Lipinski definition) is 1. The summed E-state index contributed by atoms with van der Waals surface area (Å²) in [6.07, 6.45) is -1.02. The van der Waals surface area contributed by atoms with Crippen molar-refractivity contribution in [2.75, 3.05) is 6.54 Å². The Morgan fingerprint density at radius 1 is 1.39 bits per heavy atom. The molecule has 1 amide bonds. The summed E-state index contributed by atoms with van der Waals surface area (Å²) in [7, 11) is 0. The van der Waals surface area contributed by atoms with Gasteiger partial charge in [-0.3, -0.25) is 9.78 Å². The maximum Gasteiger partial charge on any atom is 0.389 e. The first kappa shape index (κ1) is 14.5. The monoisotopic (exact) mass is 260 g/mol. The van der Waals surface area contributed by atoms with Crippen LogP contribution < -0.4 is 5.32 Å². The molecule has 0 saturated carbocycles. The number of amides is 1. The van der Waals surface area contributed by atoms with Gasteiger partial charge in [-0.2, -0.15) is 13.2 Å². The minimum atomic E-state index is -4.27. The number of carbonyl (C=O) groups is 1. The highest BCUT2D eigenvalue weighted by Crippen LogP contribution is 2.20. The number of carbonyl (C=O) groups excluding carboxylic acids is 1. The van der Waals surface area contributed by atoms with Crippen LogP contribution in [0.2, 0.25) is 0 Å². The standard InChI is InChI=1S/C12H15F3N2O/c13-12(14,15)6-5-11(18)17-8-2-4-10-3-1-7-16-9-10/h1,3,7,9H,2,4-6,8H2,(H,17,18). The summed E-state index contributed by atoms with van der Waals surface area (Å²) in [6, 6.07) is 3.73. The summed E-state index contributed by atoms with van der Waals surface area (Å²) in [4.78, 5) is 15.0.